The third-order valence-electron chi connectivity index (χ3n) is 3.01. The minimum Gasteiger partial charge on any atom is -0.384 e. The van der Waals surface area contributed by atoms with Crippen molar-refractivity contribution < 1.29 is 4.74 Å². The minimum atomic E-state index is 0.736. The molecule has 1 saturated carbocycles. The van der Waals surface area contributed by atoms with Crippen molar-refractivity contribution in [3.05, 3.63) is 24.3 Å². The molecule has 0 bridgehead atoms. The molecule has 14 heavy (non-hydrogen) atoms. The zero-order valence-electron chi connectivity index (χ0n) is 9.41. The van der Waals surface area contributed by atoms with Crippen molar-refractivity contribution in [2.45, 2.75) is 32.6 Å². The molecule has 1 aliphatic carbocycles. The molecule has 2 atom stereocenters. The molecule has 0 aromatic rings. The molecule has 0 radical (unpaired) electrons. The molecule has 1 nitrogen and oxygen atoms in total. The van der Waals surface area contributed by atoms with Crippen molar-refractivity contribution in [2.24, 2.45) is 11.8 Å². The van der Waals surface area contributed by atoms with Gasteiger partial charge in [-0.2, -0.15) is 0 Å². The van der Waals surface area contributed by atoms with E-state index < -0.39 is 0 Å². The first kappa shape index (κ1) is 11.5. The van der Waals surface area contributed by atoms with Gasteiger partial charge >= 0.3 is 0 Å². The van der Waals surface area contributed by atoms with Gasteiger partial charge in [-0.15, -0.1) is 0 Å². The van der Waals surface area contributed by atoms with Gasteiger partial charge in [0.1, 0.15) is 0 Å². The maximum absolute atomic E-state index is 5.27. The van der Waals surface area contributed by atoms with Crippen LogP contribution in [0.3, 0.4) is 0 Å². The maximum atomic E-state index is 5.27. The average molecular weight is 194 g/mol. The van der Waals surface area contributed by atoms with E-state index in [0.29, 0.717) is 0 Å². The maximum Gasteiger partial charge on any atom is 0.0496 e. The molecular formula is C13H22O. The largest absolute Gasteiger partial charge is 0.384 e. The first-order valence-electron chi connectivity index (χ1n) is 5.67. The van der Waals surface area contributed by atoms with Gasteiger partial charge in [-0.05, 0) is 31.6 Å². The molecular weight excluding hydrogens is 172 g/mol. The molecule has 0 unspecified atom stereocenters. The molecule has 1 rings (SSSR count). The summed E-state index contributed by atoms with van der Waals surface area (Å²) in [5.74, 6) is 1.48. The Morgan fingerprint density at radius 2 is 2.00 bits per heavy atom. The lowest BCUT2D eigenvalue weighted by Crippen LogP contribution is -2.21. The Labute approximate surface area is 87.8 Å². The first-order chi connectivity index (χ1) is 6.88. The SMILES string of the molecule is C/C=C/C=C/[C@H]1CCCC[C@@H]1COC. The van der Waals surface area contributed by atoms with Gasteiger partial charge in [0.05, 0.1) is 0 Å². The third kappa shape index (κ3) is 3.67. The van der Waals surface area contributed by atoms with Crippen molar-refractivity contribution >= 4 is 0 Å². The fraction of sp³-hybridized carbons (Fsp3) is 0.692. The molecule has 0 spiro atoms. The number of methoxy groups -OCH3 is 1. The summed E-state index contributed by atoms with van der Waals surface area (Å²) < 4.78 is 5.27. The van der Waals surface area contributed by atoms with Gasteiger partial charge < -0.3 is 4.74 Å². The molecule has 0 aliphatic heterocycles. The summed E-state index contributed by atoms with van der Waals surface area (Å²) in [6, 6.07) is 0. The highest BCUT2D eigenvalue weighted by Gasteiger charge is 2.22. The first-order valence-corrected chi connectivity index (χ1v) is 5.67. The van der Waals surface area contributed by atoms with Crippen molar-refractivity contribution in [3.63, 3.8) is 0 Å². The molecule has 0 N–H and O–H groups in total. The summed E-state index contributed by atoms with van der Waals surface area (Å²) in [7, 11) is 1.81. The standard InChI is InChI=1S/C13H22O/c1-3-4-5-8-12-9-6-7-10-13(12)11-14-2/h3-5,8,12-13H,6-7,9-11H2,1-2H3/b4-3+,8-5+/t12-,13+/m0/s1. The fourth-order valence-corrected chi connectivity index (χ4v) is 2.23. The Balaban J connectivity index is 2.44. The lowest BCUT2D eigenvalue weighted by Gasteiger charge is -2.28. The van der Waals surface area contributed by atoms with Crippen LogP contribution in [-0.2, 0) is 4.74 Å². The molecule has 1 aliphatic rings. The highest BCUT2D eigenvalue weighted by atomic mass is 16.5. The van der Waals surface area contributed by atoms with E-state index in [-0.39, 0.29) is 0 Å². The lowest BCUT2D eigenvalue weighted by molar-refractivity contribution is 0.110. The zero-order chi connectivity index (χ0) is 10.2. The van der Waals surface area contributed by atoms with Crippen LogP contribution in [-0.4, -0.2) is 13.7 Å². The highest BCUT2D eigenvalue weighted by Crippen LogP contribution is 2.31. The average Bonchev–Trinajstić information content (AvgIpc) is 2.21. The Hall–Kier alpha value is -0.560. The van der Waals surface area contributed by atoms with Crippen molar-refractivity contribution in [1.82, 2.24) is 0 Å². The fourth-order valence-electron chi connectivity index (χ4n) is 2.23. The second-order valence-corrected chi connectivity index (χ2v) is 4.07. The van der Waals surface area contributed by atoms with E-state index in [9.17, 15) is 0 Å². The van der Waals surface area contributed by atoms with Crippen LogP contribution in [0.2, 0.25) is 0 Å². The quantitative estimate of drug-likeness (QED) is 0.622. The Morgan fingerprint density at radius 3 is 2.71 bits per heavy atom. The highest BCUT2D eigenvalue weighted by molar-refractivity contribution is 5.04. The Morgan fingerprint density at radius 1 is 1.21 bits per heavy atom. The van der Waals surface area contributed by atoms with Crippen LogP contribution in [0.25, 0.3) is 0 Å². The van der Waals surface area contributed by atoms with Crippen molar-refractivity contribution in [2.75, 3.05) is 13.7 Å². The van der Waals surface area contributed by atoms with Crippen LogP contribution < -0.4 is 0 Å². The molecule has 80 valence electrons. The van der Waals surface area contributed by atoms with Crippen LogP contribution in [0.5, 0.6) is 0 Å². The van der Waals surface area contributed by atoms with Crippen molar-refractivity contribution in [3.8, 4) is 0 Å². The van der Waals surface area contributed by atoms with Gasteiger partial charge in [0.2, 0.25) is 0 Å². The molecule has 0 heterocycles. The number of ether oxygens (including phenoxy) is 1. The van der Waals surface area contributed by atoms with Gasteiger partial charge in [-0.1, -0.05) is 37.1 Å². The molecule has 0 amide bonds. The number of allylic oxidation sites excluding steroid dienone is 4. The zero-order valence-corrected chi connectivity index (χ0v) is 9.41. The van der Waals surface area contributed by atoms with E-state index >= 15 is 0 Å². The molecule has 1 fully saturated rings. The molecule has 1 heteroatoms. The van der Waals surface area contributed by atoms with Gasteiger partial charge in [0, 0.05) is 13.7 Å². The molecule has 0 aromatic heterocycles. The second kappa shape index (κ2) is 6.83. The van der Waals surface area contributed by atoms with Crippen LogP contribution in [0.4, 0.5) is 0 Å². The second-order valence-electron chi connectivity index (χ2n) is 4.07. The summed E-state index contributed by atoms with van der Waals surface area (Å²) >= 11 is 0. The van der Waals surface area contributed by atoms with Crippen LogP contribution in [0.1, 0.15) is 32.6 Å². The van der Waals surface area contributed by atoms with Gasteiger partial charge in [0.25, 0.3) is 0 Å². The minimum absolute atomic E-state index is 0.736. The van der Waals surface area contributed by atoms with Crippen LogP contribution >= 0.6 is 0 Å². The summed E-state index contributed by atoms with van der Waals surface area (Å²) in [4.78, 5) is 0. The predicted octanol–water partition coefficient (Wildman–Crippen LogP) is 3.57. The summed E-state index contributed by atoms with van der Waals surface area (Å²) in [5, 5.41) is 0. The van der Waals surface area contributed by atoms with E-state index in [1.807, 2.05) is 0 Å². The monoisotopic (exact) mass is 194 g/mol. The Bertz CT molecular complexity index is 191. The molecule has 0 aromatic carbocycles. The number of hydrogen-bond acceptors (Lipinski definition) is 1. The van der Waals surface area contributed by atoms with E-state index in [4.69, 9.17) is 4.74 Å². The topological polar surface area (TPSA) is 9.23 Å². The molecule has 0 saturated heterocycles. The number of hydrogen-bond donors (Lipinski definition) is 0. The summed E-state index contributed by atoms with van der Waals surface area (Å²) in [6.07, 6.45) is 14.1. The van der Waals surface area contributed by atoms with Gasteiger partial charge in [-0.25, -0.2) is 0 Å². The summed E-state index contributed by atoms with van der Waals surface area (Å²) in [5.41, 5.74) is 0. The Kier molecular flexibility index (Phi) is 5.62. The smallest absolute Gasteiger partial charge is 0.0496 e. The summed E-state index contributed by atoms with van der Waals surface area (Å²) in [6.45, 7) is 2.97. The van der Waals surface area contributed by atoms with Gasteiger partial charge in [0.15, 0.2) is 0 Å². The van der Waals surface area contributed by atoms with E-state index in [1.165, 1.54) is 25.7 Å². The van der Waals surface area contributed by atoms with E-state index in [1.54, 1.807) is 7.11 Å². The van der Waals surface area contributed by atoms with Crippen LogP contribution in [0.15, 0.2) is 24.3 Å². The predicted molar refractivity (Wildman–Crippen MR) is 61.3 cm³/mol. The van der Waals surface area contributed by atoms with Crippen LogP contribution in [0, 0.1) is 11.8 Å². The van der Waals surface area contributed by atoms with Crippen molar-refractivity contribution in [1.29, 1.82) is 0 Å². The normalized spacial score (nSPS) is 29.0. The third-order valence-corrected chi connectivity index (χ3v) is 3.01. The lowest BCUT2D eigenvalue weighted by atomic mass is 9.79. The van der Waals surface area contributed by atoms with Gasteiger partial charge in [-0.3, -0.25) is 0 Å². The van der Waals surface area contributed by atoms with E-state index in [0.717, 1.165) is 18.4 Å². The van der Waals surface area contributed by atoms with E-state index in [2.05, 4.69) is 31.2 Å². The number of rotatable bonds is 4.